The Kier molecular flexibility index (Phi) is 7.53. The molecule has 0 aliphatic carbocycles. The van der Waals surface area contributed by atoms with Crippen molar-refractivity contribution in [1.29, 1.82) is 0 Å². The van der Waals surface area contributed by atoms with E-state index < -0.39 is 0 Å². The lowest BCUT2D eigenvalue weighted by Crippen LogP contribution is -2.41. The first-order valence-corrected chi connectivity index (χ1v) is 13.3. The van der Waals surface area contributed by atoms with Gasteiger partial charge in [-0.15, -0.1) is 0 Å². The lowest BCUT2D eigenvalue weighted by atomic mass is 10.0. The number of Topliss-reactive ketones (excluding diaryl/α,β-unsaturated/α-hetero) is 1. The highest BCUT2D eigenvalue weighted by atomic mass is 79.9. The van der Waals surface area contributed by atoms with E-state index in [9.17, 15) is 14.4 Å². The average Bonchev–Trinajstić information content (AvgIpc) is 3.25. The molecule has 3 aromatic carbocycles. The molecule has 0 atom stereocenters. The normalized spacial score (nSPS) is 12.8. The summed E-state index contributed by atoms with van der Waals surface area (Å²) in [6.45, 7) is 0.757. The molecule has 1 aliphatic rings. The zero-order valence-electron chi connectivity index (χ0n) is 20.7. The average molecular weight is 595 g/mol. The second kappa shape index (κ2) is 11.0. The number of carbonyl (C=O) groups is 2. The maximum Gasteiger partial charge on any atom is 0.333 e. The Bertz CT molecular complexity index is 1560. The van der Waals surface area contributed by atoms with Crippen molar-refractivity contribution in [3.8, 4) is 11.4 Å². The molecular weight excluding hydrogens is 570 g/mol. The molecule has 0 saturated carbocycles. The summed E-state index contributed by atoms with van der Waals surface area (Å²) >= 11 is 9.58. The number of halogens is 2. The number of hydrogen-bond acceptors (Lipinski definition) is 4. The molecule has 0 unspecified atom stereocenters. The zero-order valence-corrected chi connectivity index (χ0v) is 23.0. The van der Waals surface area contributed by atoms with Crippen LogP contribution in [0.15, 0.2) is 82.1 Å². The van der Waals surface area contributed by atoms with Crippen molar-refractivity contribution in [2.24, 2.45) is 0 Å². The molecule has 0 radical (unpaired) electrons. The van der Waals surface area contributed by atoms with Gasteiger partial charge in [0.05, 0.1) is 30.1 Å². The summed E-state index contributed by atoms with van der Waals surface area (Å²) in [5.41, 5.74) is 2.59. The summed E-state index contributed by atoms with van der Waals surface area (Å²) < 4.78 is 9.04. The number of imidazole rings is 1. The summed E-state index contributed by atoms with van der Waals surface area (Å²) in [6, 6.07) is 21.8. The van der Waals surface area contributed by atoms with Gasteiger partial charge >= 0.3 is 5.69 Å². The molecule has 7 nitrogen and oxygen atoms in total. The minimum atomic E-state index is -0.299. The topological polar surface area (TPSA) is 73.5 Å². The van der Waals surface area contributed by atoms with Crippen molar-refractivity contribution in [1.82, 2.24) is 14.0 Å². The standard InChI is InChI=1S/C29H25BrClN3O4/c1-38-22-11-9-21(10-12-22)34-27(26(35)14-7-19-5-3-2-4-6-19)25-18-32(15-16-33(25)29(34)37)28(36)20-8-13-23(30)24(31)17-20/h2-6,8-13,17H,7,14-16,18H2,1H3. The second-order valence-corrected chi connectivity index (χ2v) is 10.3. The highest BCUT2D eigenvalue weighted by molar-refractivity contribution is 9.10. The molecule has 2 heterocycles. The van der Waals surface area contributed by atoms with Gasteiger partial charge in [0.25, 0.3) is 5.91 Å². The van der Waals surface area contributed by atoms with Crippen molar-refractivity contribution in [3.05, 3.63) is 115 Å². The number of fused-ring (bicyclic) bond motifs is 1. The lowest BCUT2D eigenvalue weighted by Gasteiger charge is -2.28. The molecule has 1 aliphatic heterocycles. The largest absolute Gasteiger partial charge is 0.497 e. The van der Waals surface area contributed by atoms with E-state index in [2.05, 4.69) is 15.9 Å². The first-order valence-electron chi connectivity index (χ1n) is 12.2. The van der Waals surface area contributed by atoms with Crippen LogP contribution in [0.2, 0.25) is 5.02 Å². The van der Waals surface area contributed by atoms with Crippen LogP contribution in [0, 0.1) is 0 Å². The highest BCUT2D eigenvalue weighted by Gasteiger charge is 2.32. The molecule has 0 N–H and O–H groups in total. The fourth-order valence-corrected chi connectivity index (χ4v) is 5.15. The lowest BCUT2D eigenvalue weighted by molar-refractivity contribution is 0.0707. The number of hydrogen-bond donors (Lipinski definition) is 0. The molecular formula is C29H25BrClN3O4. The summed E-state index contributed by atoms with van der Waals surface area (Å²) in [7, 11) is 1.57. The molecule has 5 rings (SSSR count). The Morgan fingerprint density at radius 3 is 2.42 bits per heavy atom. The van der Waals surface area contributed by atoms with Crippen molar-refractivity contribution < 1.29 is 14.3 Å². The van der Waals surface area contributed by atoms with Crippen LogP contribution in [0.25, 0.3) is 5.69 Å². The Morgan fingerprint density at radius 2 is 1.74 bits per heavy atom. The molecule has 4 aromatic rings. The number of methoxy groups -OCH3 is 1. The van der Waals surface area contributed by atoms with Crippen LogP contribution in [-0.2, 0) is 19.5 Å². The van der Waals surface area contributed by atoms with E-state index in [1.54, 1.807) is 59.0 Å². The van der Waals surface area contributed by atoms with Crippen LogP contribution in [0.4, 0.5) is 0 Å². The van der Waals surface area contributed by atoms with Crippen molar-refractivity contribution in [3.63, 3.8) is 0 Å². The molecule has 1 amide bonds. The first kappa shape index (κ1) is 26.0. The highest BCUT2D eigenvalue weighted by Crippen LogP contribution is 2.27. The number of rotatable bonds is 7. The van der Waals surface area contributed by atoms with E-state index in [1.807, 2.05) is 30.3 Å². The number of aryl methyl sites for hydroxylation is 1. The van der Waals surface area contributed by atoms with Crippen LogP contribution in [-0.4, -0.2) is 39.4 Å². The number of ether oxygens (including phenoxy) is 1. The van der Waals surface area contributed by atoms with Gasteiger partial charge in [-0.2, -0.15) is 0 Å². The van der Waals surface area contributed by atoms with Gasteiger partial charge in [0.15, 0.2) is 5.78 Å². The fourth-order valence-electron chi connectivity index (χ4n) is 4.72. The predicted octanol–water partition coefficient (Wildman–Crippen LogP) is 5.54. The van der Waals surface area contributed by atoms with E-state index in [1.165, 1.54) is 4.57 Å². The molecule has 0 fully saturated rings. The van der Waals surface area contributed by atoms with E-state index >= 15 is 0 Å². The first-order chi connectivity index (χ1) is 18.4. The van der Waals surface area contributed by atoms with Crippen molar-refractivity contribution in [2.75, 3.05) is 13.7 Å². The van der Waals surface area contributed by atoms with Crippen LogP contribution in [0.5, 0.6) is 5.75 Å². The minimum absolute atomic E-state index is 0.136. The number of nitrogens with zero attached hydrogens (tertiary/aromatic N) is 3. The molecule has 194 valence electrons. The van der Waals surface area contributed by atoms with Gasteiger partial charge in [0.1, 0.15) is 11.4 Å². The van der Waals surface area contributed by atoms with E-state index in [4.69, 9.17) is 16.3 Å². The molecule has 9 heteroatoms. The number of ketones is 1. The maximum absolute atomic E-state index is 13.7. The van der Waals surface area contributed by atoms with Gasteiger partial charge in [-0.05, 0) is 70.4 Å². The fraction of sp³-hybridized carbons (Fsp3) is 0.207. The molecule has 0 spiro atoms. The Hall–Kier alpha value is -3.62. The zero-order chi connectivity index (χ0) is 26.8. The monoisotopic (exact) mass is 593 g/mol. The number of carbonyl (C=O) groups excluding carboxylic acids is 2. The van der Waals surface area contributed by atoms with Crippen molar-refractivity contribution in [2.45, 2.75) is 25.9 Å². The summed E-state index contributed by atoms with van der Waals surface area (Å²) in [6.07, 6.45) is 0.772. The molecule has 0 bridgehead atoms. The van der Waals surface area contributed by atoms with Gasteiger partial charge < -0.3 is 9.64 Å². The van der Waals surface area contributed by atoms with Crippen molar-refractivity contribution >= 4 is 39.2 Å². The van der Waals surface area contributed by atoms with E-state index in [-0.39, 0.29) is 36.9 Å². The minimum Gasteiger partial charge on any atom is -0.497 e. The molecule has 0 saturated heterocycles. The number of aromatic nitrogens is 2. The Labute approximate surface area is 233 Å². The SMILES string of the molecule is COc1ccc(-n2c(C(=O)CCc3ccccc3)c3n(c2=O)CCN(C(=O)c2ccc(Br)c(Cl)c2)C3)cc1. The van der Waals surface area contributed by atoms with Crippen LogP contribution in [0.3, 0.4) is 0 Å². The van der Waals surface area contributed by atoms with Crippen LogP contribution in [0.1, 0.15) is 38.5 Å². The quantitative estimate of drug-likeness (QED) is 0.264. The molecule has 1 aromatic heterocycles. The van der Waals surface area contributed by atoms with Gasteiger partial charge in [-0.3, -0.25) is 18.7 Å². The van der Waals surface area contributed by atoms with E-state index in [0.29, 0.717) is 50.8 Å². The third-order valence-corrected chi connectivity index (χ3v) is 7.94. The Morgan fingerprint density at radius 1 is 1.00 bits per heavy atom. The van der Waals surface area contributed by atoms with Gasteiger partial charge in [0.2, 0.25) is 0 Å². The molecule has 38 heavy (non-hydrogen) atoms. The van der Waals surface area contributed by atoms with Crippen LogP contribution < -0.4 is 10.4 Å². The van der Waals surface area contributed by atoms with Crippen LogP contribution >= 0.6 is 27.5 Å². The van der Waals surface area contributed by atoms with Gasteiger partial charge in [0, 0.05) is 29.5 Å². The third kappa shape index (κ3) is 5.06. The predicted molar refractivity (Wildman–Crippen MR) is 150 cm³/mol. The van der Waals surface area contributed by atoms with Gasteiger partial charge in [-0.25, -0.2) is 4.79 Å². The maximum atomic E-state index is 13.7. The van der Waals surface area contributed by atoms with Gasteiger partial charge in [-0.1, -0.05) is 41.9 Å². The summed E-state index contributed by atoms with van der Waals surface area (Å²) in [5, 5.41) is 0.437. The smallest absolute Gasteiger partial charge is 0.333 e. The number of amides is 1. The second-order valence-electron chi connectivity index (χ2n) is 9.03. The third-order valence-electron chi connectivity index (χ3n) is 6.71. The summed E-state index contributed by atoms with van der Waals surface area (Å²) in [4.78, 5) is 42.3. The Balaban J connectivity index is 1.53. The van der Waals surface area contributed by atoms with E-state index in [0.717, 1.165) is 5.56 Å². The summed E-state index contributed by atoms with van der Waals surface area (Å²) in [5.74, 6) is 0.280. The number of benzene rings is 3.